The van der Waals surface area contributed by atoms with Crippen molar-refractivity contribution in [3.8, 4) is 5.88 Å². The highest BCUT2D eigenvalue weighted by atomic mass is 16.5. The second kappa shape index (κ2) is 7.04. The van der Waals surface area contributed by atoms with E-state index >= 15 is 0 Å². The zero-order valence-electron chi connectivity index (χ0n) is 13.0. The normalized spacial score (nSPS) is 13.9. The van der Waals surface area contributed by atoms with Crippen molar-refractivity contribution in [1.29, 1.82) is 0 Å². The number of hydrogen-bond acceptors (Lipinski definition) is 6. The van der Waals surface area contributed by atoms with Crippen molar-refractivity contribution in [1.82, 2.24) is 20.3 Å². The number of nitrogens with one attached hydrogen (secondary N) is 1. The van der Waals surface area contributed by atoms with Crippen molar-refractivity contribution in [3.05, 3.63) is 42.0 Å². The smallest absolute Gasteiger partial charge is 0.270 e. The minimum Gasteiger partial charge on any atom is -0.481 e. The zero-order chi connectivity index (χ0) is 16.1. The van der Waals surface area contributed by atoms with E-state index in [1.165, 1.54) is 6.33 Å². The minimum absolute atomic E-state index is 0.237. The molecular weight excluding hydrogens is 294 g/mol. The second-order valence-corrected chi connectivity index (χ2v) is 5.31. The number of rotatable bonds is 5. The van der Waals surface area contributed by atoms with Gasteiger partial charge in [-0.1, -0.05) is 6.07 Å². The maximum atomic E-state index is 12.3. The molecule has 0 radical (unpaired) electrons. The van der Waals surface area contributed by atoms with E-state index in [4.69, 9.17) is 4.74 Å². The summed E-state index contributed by atoms with van der Waals surface area (Å²) in [5, 5.41) is 2.84. The van der Waals surface area contributed by atoms with E-state index in [9.17, 15) is 4.79 Å². The first-order valence-corrected chi connectivity index (χ1v) is 7.61. The molecule has 23 heavy (non-hydrogen) atoms. The maximum Gasteiger partial charge on any atom is 0.270 e. The van der Waals surface area contributed by atoms with Gasteiger partial charge in [-0.25, -0.2) is 15.0 Å². The summed E-state index contributed by atoms with van der Waals surface area (Å²) in [6.45, 7) is 2.29. The minimum atomic E-state index is -0.237. The van der Waals surface area contributed by atoms with Gasteiger partial charge in [0.1, 0.15) is 17.8 Å². The number of nitrogens with zero attached hydrogens (tertiary/aromatic N) is 4. The summed E-state index contributed by atoms with van der Waals surface area (Å²) in [7, 11) is 1.56. The highest BCUT2D eigenvalue weighted by Gasteiger charge is 2.16. The summed E-state index contributed by atoms with van der Waals surface area (Å²) in [6, 6.07) is 5.41. The Labute approximate surface area is 134 Å². The number of methoxy groups -OCH3 is 1. The fourth-order valence-electron chi connectivity index (χ4n) is 2.60. The topological polar surface area (TPSA) is 80.2 Å². The fraction of sp³-hybridized carbons (Fsp3) is 0.375. The zero-order valence-corrected chi connectivity index (χ0v) is 13.0. The fourth-order valence-corrected chi connectivity index (χ4v) is 2.60. The molecule has 1 aliphatic heterocycles. The van der Waals surface area contributed by atoms with Gasteiger partial charge in [0.05, 0.1) is 7.11 Å². The summed E-state index contributed by atoms with van der Waals surface area (Å²) in [4.78, 5) is 26.9. The third-order valence-electron chi connectivity index (χ3n) is 3.80. The molecule has 1 fully saturated rings. The molecule has 2 aromatic heterocycles. The average molecular weight is 313 g/mol. The Morgan fingerprint density at radius 2 is 2.13 bits per heavy atom. The molecule has 0 unspecified atom stereocenters. The lowest BCUT2D eigenvalue weighted by Gasteiger charge is -2.16. The lowest BCUT2D eigenvalue weighted by molar-refractivity contribution is 0.0945. The number of carbonyl (C=O) groups is 1. The predicted octanol–water partition coefficient (Wildman–Crippen LogP) is 1.41. The van der Waals surface area contributed by atoms with E-state index in [1.807, 2.05) is 6.07 Å². The summed E-state index contributed by atoms with van der Waals surface area (Å²) < 4.78 is 5.18. The van der Waals surface area contributed by atoms with Gasteiger partial charge in [0, 0.05) is 37.5 Å². The molecule has 7 nitrogen and oxygen atoms in total. The van der Waals surface area contributed by atoms with Crippen LogP contribution >= 0.6 is 0 Å². The van der Waals surface area contributed by atoms with Crippen LogP contribution in [0.2, 0.25) is 0 Å². The maximum absolute atomic E-state index is 12.3. The third kappa shape index (κ3) is 3.56. The van der Waals surface area contributed by atoms with Crippen LogP contribution in [0.4, 0.5) is 5.82 Å². The summed E-state index contributed by atoms with van der Waals surface area (Å²) in [6.07, 6.45) is 5.41. The standard InChI is InChI=1S/C16H19N5O2/c1-23-16-12(5-4-6-17-16)10-18-15(22)13-9-14(20-11-19-13)21-7-2-3-8-21/h4-6,9,11H,2-3,7-8,10H2,1H3,(H,18,22). The van der Waals surface area contributed by atoms with Gasteiger partial charge in [-0.05, 0) is 18.9 Å². The van der Waals surface area contributed by atoms with E-state index in [-0.39, 0.29) is 5.91 Å². The number of hydrogen-bond donors (Lipinski definition) is 1. The van der Waals surface area contributed by atoms with Crippen LogP contribution in [-0.2, 0) is 6.54 Å². The Kier molecular flexibility index (Phi) is 4.65. The van der Waals surface area contributed by atoms with E-state index in [2.05, 4.69) is 25.2 Å². The molecule has 3 rings (SSSR count). The van der Waals surface area contributed by atoms with E-state index < -0.39 is 0 Å². The van der Waals surface area contributed by atoms with Crippen LogP contribution in [0, 0.1) is 0 Å². The average Bonchev–Trinajstić information content (AvgIpc) is 3.14. The molecule has 0 atom stereocenters. The Bertz CT molecular complexity index is 686. The number of pyridine rings is 1. The molecule has 120 valence electrons. The van der Waals surface area contributed by atoms with Crippen LogP contribution in [0.3, 0.4) is 0 Å². The summed E-state index contributed by atoms with van der Waals surface area (Å²) in [5.41, 5.74) is 1.18. The Balaban J connectivity index is 1.67. The first-order chi connectivity index (χ1) is 11.3. The van der Waals surface area contributed by atoms with Crippen LogP contribution in [0.25, 0.3) is 0 Å². The molecule has 0 aliphatic carbocycles. The molecule has 2 aromatic rings. The van der Waals surface area contributed by atoms with Gasteiger partial charge in [-0.3, -0.25) is 4.79 Å². The first-order valence-electron chi connectivity index (χ1n) is 7.61. The Morgan fingerprint density at radius 1 is 1.30 bits per heavy atom. The molecule has 0 aromatic carbocycles. The molecule has 3 heterocycles. The van der Waals surface area contributed by atoms with Gasteiger partial charge >= 0.3 is 0 Å². The van der Waals surface area contributed by atoms with Crippen LogP contribution in [0.5, 0.6) is 5.88 Å². The lowest BCUT2D eigenvalue weighted by atomic mass is 10.2. The molecule has 0 spiro atoms. The van der Waals surface area contributed by atoms with Crippen LogP contribution in [-0.4, -0.2) is 41.1 Å². The van der Waals surface area contributed by atoms with E-state index in [0.29, 0.717) is 18.1 Å². The number of carbonyl (C=O) groups excluding carboxylic acids is 1. The Morgan fingerprint density at radius 3 is 2.91 bits per heavy atom. The highest BCUT2D eigenvalue weighted by molar-refractivity contribution is 5.92. The van der Waals surface area contributed by atoms with Crippen LogP contribution in [0.15, 0.2) is 30.7 Å². The molecule has 1 N–H and O–H groups in total. The van der Waals surface area contributed by atoms with Gasteiger partial charge in [-0.15, -0.1) is 0 Å². The molecule has 7 heteroatoms. The van der Waals surface area contributed by atoms with Gasteiger partial charge in [0.2, 0.25) is 5.88 Å². The monoisotopic (exact) mass is 313 g/mol. The van der Waals surface area contributed by atoms with Gasteiger partial charge < -0.3 is 15.0 Å². The number of anilines is 1. The van der Waals surface area contributed by atoms with Crippen molar-refractivity contribution in [2.24, 2.45) is 0 Å². The molecule has 0 saturated carbocycles. The number of aromatic nitrogens is 3. The van der Waals surface area contributed by atoms with Crippen molar-refractivity contribution >= 4 is 11.7 Å². The largest absolute Gasteiger partial charge is 0.481 e. The van der Waals surface area contributed by atoms with Crippen LogP contribution in [0.1, 0.15) is 28.9 Å². The van der Waals surface area contributed by atoms with E-state index in [0.717, 1.165) is 37.3 Å². The number of ether oxygens (including phenoxy) is 1. The predicted molar refractivity (Wildman–Crippen MR) is 85.4 cm³/mol. The first kappa shape index (κ1) is 15.2. The summed E-state index contributed by atoms with van der Waals surface area (Å²) >= 11 is 0. The van der Waals surface area contributed by atoms with E-state index in [1.54, 1.807) is 25.4 Å². The van der Waals surface area contributed by atoms with Crippen LogP contribution < -0.4 is 15.0 Å². The molecule has 0 bridgehead atoms. The van der Waals surface area contributed by atoms with Crippen molar-refractivity contribution in [2.45, 2.75) is 19.4 Å². The highest BCUT2D eigenvalue weighted by Crippen LogP contribution is 2.18. The number of amides is 1. The van der Waals surface area contributed by atoms with Crippen molar-refractivity contribution < 1.29 is 9.53 Å². The van der Waals surface area contributed by atoms with Gasteiger partial charge in [0.15, 0.2) is 0 Å². The quantitative estimate of drug-likeness (QED) is 0.899. The molecule has 1 aliphatic rings. The van der Waals surface area contributed by atoms with Gasteiger partial charge in [-0.2, -0.15) is 0 Å². The third-order valence-corrected chi connectivity index (χ3v) is 3.80. The van der Waals surface area contributed by atoms with Gasteiger partial charge in [0.25, 0.3) is 5.91 Å². The van der Waals surface area contributed by atoms with Crippen molar-refractivity contribution in [2.75, 3.05) is 25.1 Å². The lowest BCUT2D eigenvalue weighted by Crippen LogP contribution is -2.25. The SMILES string of the molecule is COc1ncccc1CNC(=O)c1cc(N2CCCC2)ncn1. The second-order valence-electron chi connectivity index (χ2n) is 5.31. The summed E-state index contributed by atoms with van der Waals surface area (Å²) in [5.74, 6) is 1.08. The Hall–Kier alpha value is -2.70. The molecule has 1 amide bonds. The molecule has 1 saturated heterocycles. The van der Waals surface area contributed by atoms with Crippen molar-refractivity contribution in [3.63, 3.8) is 0 Å². The molecular formula is C16H19N5O2.